The summed E-state index contributed by atoms with van der Waals surface area (Å²) in [5.74, 6) is 0.385. The molecule has 3 rings (SSSR count). The fourth-order valence-electron chi connectivity index (χ4n) is 2.27. The highest BCUT2D eigenvalue weighted by atomic mass is 19.1. The van der Waals surface area contributed by atoms with E-state index in [2.05, 4.69) is 10.5 Å². The fraction of sp³-hybridized carbons (Fsp3) is 0.0500. The van der Waals surface area contributed by atoms with Crippen LogP contribution in [0, 0.1) is 15.9 Å². The van der Waals surface area contributed by atoms with E-state index < -0.39 is 4.92 Å². The summed E-state index contributed by atoms with van der Waals surface area (Å²) in [5, 5.41) is 14.7. The number of hydrogen-bond donors (Lipinski definition) is 1. The predicted octanol–water partition coefficient (Wildman–Crippen LogP) is 4.76. The van der Waals surface area contributed by atoms with Crippen LogP contribution in [0.4, 0.5) is 15.8 Å². The molecule has 7 heteroatoms. The van der Waals surface area contributed by atoms with Crippen molar-refractivity contribution in [1.82, 2.24) is 0 Å². The second kappa shape index (κ2) is 8.57. The molecule has 0 unspecified atom stereocenters. The fourth-order valence-corrected chi connectivity index (χ4v) is 2.27. The maximum Gasteiger partial charge on any atom is 0.269 e. The summed E-state index contributed by atoms with van der Waals surface area (Å²) >= 11 is 0. The lowest BCUT2D eigenvalue weighted by Gasteiger charge is -2.07. The van der Waals surface area contributed by atoms with Crippen molar-refractivity contribution in [3.05, 3.63) is 99.9 Å². The van der Waals surface area contributed by atoms with Crippen LogP contribution in [0.5, 0.6) is 5.75 Å². The largest absolute Gasteiger partial charge is 0.489 e. The van der Waals surface area contributed by atoms with E-state index in [0.717, 1.165) is 11.1 Å². The van der Waals surface area contributed by atoms with Crippen LogP contribution in [0.25, 0.3) is 0 Å². The molecule has 0 spiro atoms. The average molecular weight is 365 g/mol. The van der Waals surface area contributed by atoms with E-state index in [-0.39, 0.29) is 11.5 Å². The van der Waals surface area contributed by atoms with Crippen LogP contribution >= 0.6 is 0 Å². The van der Waals surface area contributed by atoms with Gasteiger partial charge in [-0.2, -0.15) is 5.10 Å². The molecule has 0 bridgehead atoms. The average Bonchev–Trinajstić information content (AvgIpc) is 2.68. The number of halogens is 1. The monoisotopic (exact) mass is 365 g/mol. The number of non-ortho nitro benzene ring substituents is 1. The first-order valence-corrected chi connectivity index (χ1v) is 8.11. The van der Waals surface area contributed by atoms with Gasteiger partial charge in [-0.05, 0) is 47.5 Å². The SMILES string of the molecule is O=[N+]([O-])c1ccc(N/N=C\c2cccc(OCc3ccc(F)cc3)c2)cc1. The zero-order valence-electron chi connectivity index (χ0n) is 14.2. The molecule has 0 aliphatic rings. The standard InChI is InChI=1S/C20H16FN3O3/c21-17-6-4-15(5-7-17)14-27-20-3-1-2-16(12-20)13-22-23-18-8-10-19(11-9-18)24(25)26/h1-13,23H,14H2/b22-13-. The van der Waals surface area contributed by atoms with Crippen LogP contribution in [0.3, 0.4) is 0 Å². The Balaban J connectivity index is 1.57. The topological polar surface area (TPSA) is 76.8 Å². The lowest BCUT2D eigenvalue weighted by atomic mass is 10.2. The van der Waals surface area contributed by atoms with E-state index in [1.54, 1.807) is 30.5 Å². The molecular formula is C20H16FN3O3. The highest BCUT2D eigenvalue weighted by molar-refractivity contribution is 5.80. The molecule has 0 radical (unpaired) electrons. The third-order valence-electron chi connectivity index (χ3n) is 3.66. The molecule has 0 aliphatic carbocycles. The van der Waals surface area contributed by atoms with E-state index in [1.807, 2.05) is 24.3 Å². The first kappa shape index (κ1) is 18.1. The van der Waals surface area contributed by atoms with Gasteiger partial charge in [0.25, 0.3) is 5.69 Å². The van der Waals surface area contributed by atoms with Crippen molar-refractivity contribution in [3.8, 4) is 5.75 Å². The Bertz CT molecular complexity index is 941. The van der Waals surface area contributed by atoms with E-state index in [4.69, 9.17) is 4.74 Å². The van der Waals surface area contributed by atoms with E-state index in [1.165, 1.54) is 24.3 Å². The van der Waals surface area contributed by atoms with Crippen molar-refractivity contribution in [2.24, 2.45) is 5.10 Å². The van der Waals surface area contributed by atoms with Gasteiger partial charge in [0.15, 0.2) is 0 Å². The molecule has 0 aromatic heterocycles. The van der Waals surface area contributed by atoms with Gasteiger partial charge in [0.1, 0.15) is 18.2 Å². The Morgan fingerprint density at radius 2 is 1.81 bits per heavy atom. The first-order chi connectivity index (χ1) is 13.1. The summed E-state index contributed by atoms with van der Waals surface area (Å²) in [5.41, 5.74) is 5.17. The molecule has 136 valence electrons. The summed E-state index contributed by atoms with van der Waals surface area (Å²) in [7, 11) is 0. The molecule has 0 aliphatic heterocycles. The Hall–Kier alpha value is -3.74. The minimum absolute atomic E-state index is 0.0236. The Morgan fingerprint density at radius 3 is 2.52 bits per heavy atom. The number of rotatable bonds is 7. The third-order valence-corrected chi connectivity index (χ3v) is 3.66. The number of nitrogens with one attached hydrogen (secondary N) is 1. The quantitative estimate of drug-likeness (QED) is 0.372. The smallest absolute Gasteiger partial charge is 0.269 e. The van der Waals surface area contributed by atoms with Crippen LogP contribution < -0.4 is 10.2 Å². The minimum Gasteiger partial charge on any atom is -0.489 e. The molecule has 0 saturated heterocycles. The lowest BCUT2D eigenvalue weighted by Crippen LogP contribution is -1.96. The van der Waals surface area contributed by atoms with Gasteiger partial charge in [0, 0.05) is 12.1 Å². The highest BCUT2D eigenvalue weighted by Crippen LogP contribution is 2.16. The lowest BCUT2D eigenvalue weighted by molar-refractivity contribution is -0.384. The van der Waals surface area contributed by atoms with Crippen LogP contribution in [0.2, 0.25) is 0 Å². The Kier molecular flexibility index (Phi) is 5.73. The normalized spacial score (nSPS) is 10.7. The van der Waals surface area contributed by atoms with Crippen LogP contribution in [-0.4, -0.2) is 11.1 Å². The molecule has 0 heterocycles. The van der Waals surface area contributed by atoms with Gasteiger partial charge in [0.2, 0.25) is 0 Å². The van der Waals surface area contributed by atoms with Crippen molar-refractivity contribution in [3.63, 3.8) is 0 Å². The van der Waals surface area contributed by atoms with Gasteiger partial charge in [0.05, 0.1) is 16.8 Å². The zero-order chi connectivity index (χ0) is 19.1. The van der Waals surface area contributed by atoms with Gasteiger partial charge in [-0.3, -0.25) is 15.5 Å². The number of nitro benzene ring substituents is 1. The zero-order valence-corrected chi connectivity index (χ0v) is 14.2. The summed E-state index contributed by atoms with van der Waals surface area (Å²) in [6, 6.07) is 19.5. The molecule has 3 aromatic carbocycles. The van der Waals surface area contributed by atoms with Crippen molar-refractivity contribution in [2.75, 3.05) is 5.43 Å². The van der Waals surface area contributed by atoms with E-state index in [0.29, 0.717) is 18.0 Å². The Morgan fingerprint density at radius 1 is 1.07 bits per heavy atom. The van der Waals surface area contributed by atoms with Crippen LogP contribution in [0.1, 0.15) is 11.1 Å². The maximum absolute atomic E-state index is 12.9. The number of nitrogens with zero attached hydrogens (tertiary/aromatic N) is 2. The molecule has 0 fully saturated rings. The molecule has 0 saturated carbocycles. The molecule has 3 aromatic rings. The first-order valence-electron chi connectivity index (χ1n) is 8.11. The molecule has 0 atom stereocenters. The van der Waals surface area contributed by atoms with Crippen molar-refractivity contribution in [2.45, 2.75) is 6.61 Å². The maximum atomic E-state index is 12.9. The highest BCUT2D eigenvalue weighted by Gasteiger charge is 2.03. The molecule has 6 nitrogen and oxygen atoms in total. The van der Waals surface area contributed by atoms with Crippen LogP contribution in [-0.2, 0) is 6.61 Å². The van der Waals surface area contributed by atoms with Crippen LogP contribution in [0.15, 0.2) is 77.9 Å². The van der Waals surface area contributed by atoms with Gasteiger partial charge < -0.3 is 4.74 Å². The van der Waals surface area contributed by atoms with E-state index >= 15 is 0 Å². The van der Waals surface area contributed by atoms with Gasteiger partial charge in [-0.25, -0.2) is 4.39 Å². The molecule has 0 amide bonds. The number of nitro groups is 1. The summed E-state index contributed by atoms with van der Waals surface area (Å²) in [4.78, 5) is 10.2. The Labute approximate surface area is 155 Å². The number of benzene rings is 3. The number of hydrazone groups is 1. The second-order valence-corrected chi connectivity index (χ2v) is 5.66. The van der Waals surface area contributed by atoms with Crippen molar-refractivity contribution < 1.29 is 14.1 Å². The van der Waals surface area contributed by atoms with Gasteiger partial charge in [-0.1, -0.05) is 24.3 Å². The number of ether oxygens (including phenoxy) is 1. The molecule has 27 heavy (non-hydrogen) atoms. The van der Waals surface area contributed by atoms with Gasteiger partial charge >= 0.3 is 0 Å². The van der Waals surface area contributed by atoms with Crippen molar-refractivity contribution in [1.29, 1.82) is 0 Å². The second-order valence-electron chi connectivity index (χ2n) is 5.66. The number of hydrogen-bond acceptors (Lipinski definition) is 5. The minimum atomic E-state index is -0.454. The predicted molar refractivity (Wildman–Crippen MR) is 101 cm³/mol. The summed E-state index contributed by atoms with van der Waals surface area (Å²) in [6.07, 6.45) is 1.62. The van der Waals surface area contributed by atoms with Crippen molar-refractivity contribution >= 4 is 17.6 Å². The summed E-state index contributed by atoms with van der Waals surface area (Å²) in [6.45, 7) is 0.335. The summed E-state index contributed by atoms with van der Waals surface area (Å²) < 4.78 is 18.6. The third kappa shape index (κ3) is 5.37. The van der Waals surface area contributed by atoms with Gasteiger partial charge in [-0.15, -0.1) is 0 Å². The number of anilines is 1. The molecule has 1 N–H and O–H groups in total. The van der Waals surface area contributed by atoms with E-state index in [9.17, 15) is 14.5 Å². The molecular weight excluding hydrogens is 349 g/mol.